The number of hydrogen-bond donors (Lipinski definition) is 0. The van der Waals surface area contributed by atoms with Gasteiger partial charge in [0.05, 0.1) is 23.7 Å². The van der Waals surface area contributed by atoms with Gasteiger partial charge in [0.25, 0.3) is 0 Å². The Hall–Kier alpha value is -1.72. The molecule has 0 saturated carbocycles. The normalized spacial score (nSPS) is 18.8. The fourth-order valence-electron chi connectivity index (χ4n) is 16.8. The summed E-state index contributed by atoms with van der Waals surface area (Å²) in [6, 6.07) is 0. The Balaban J connectivity index is 1.91. The molecule has 0 aliphatic carbocycles. The summed E-state index contributed by atoms with van der Waals surface area (Å²) in [6.07, 6.45) is 86.0. The van der Waals surface area contributed by atoms with E-state index in [4.69, 9.17) is 9.47 Å². The van der Waals surface area contributed by atoms with Gasteiger partial charge in [0.1, 0.15) is 0 Å². The average Bonchev–Trinajstić information content (AvgIpc) is 1.67. The molecule has 2 rings (SSSR count). The molecule has 8 atom stereocenters. The molecule has 0 aromatic heterocycles. The van der Waals surface area contributed by atoms with Crippen molar-refractivity contribution >= 4 is 23.9 Å². The number of carbonyl (C=O) groups is 4. The summed E-state index contributed by atoms with van der Waals surface area (Å²) in [5.41, 5.74) is -0.0115. The smallest absolute Gasteiger partial charge is 0.317 e. The monoisotopic (exact) mass is 1310 g/mol. The van der Waals surface area contributed by atoms with Gasteiger partial charge >= 0.3 is 23.9 Å². The van der Waals surface area contributed by atoms with Crippen LogP contribution >= 0.6 is 0 Å². The Kier molecular flexibility index (Phi) is 56.6. The van der Waals surface area contributed by atoms with Crippen LogP contribution in [0.15, 0.2) is 0 Å². The molecule has 6 nitrogen and oxygen atoms in total. The van der Waals surface area contributed by atoms with Gasteiger partial charge in [-0.1, -0.05) is 441 Å². The van der Waals surface area contributed by atoms with Crippen LogP contribution < -0.4 is 0 Å². The van der Waals surface area contributed by atoms with Gasteiger partial charge in [-0.15, -0.1) is 0 Å². The second-order valence-corrected chi connectivity index (χ2v) is 32.4. The lowest BCUT2D eigenvalue weighted by atomic mass is 9.65. The highest BCUT2D eigenvalue weighted by Gasteiger charge is 2.54. The number of hydrogen-bond acceptors (Lipinski definition) is 6. The van der Waals surface area contributed by atoms with Crippen LogP contribution in [0.3, 0.4) is 0 Å². The number of ether oxygens (including phenoxy) is 2. The van der Waals surface area contributed by atoms with E-state index in [1.165, 1.54) is 321 Å². The number of esters is 4. The fraction of sp³-hybridized carbons (Fsp3) is 0.954. The van der Waals surface area contributed by atoms with Gasteiger partial charge in [0.15, 0.2) is 0 Å². The number of carbonyl (C=O) groups excluding carboxylic acids is 4. The first-order chi connectivity index (χ1) is 45.4. The molecule has 93 heavy (non-hydrogen) atoms. The molecular weight excluding hydrogens is 1140 g/mol. The molecule has 2 aliphatic rings. The first-order valence-corrected chi connectivity index (χ1v) is 42.9. The Bertz CT molecular complexity index is 1720. The minimum absolute atomic E-state index is 0.0454. The van der Waals surface area contributed by atoms with Crippen molar-refractivity contribution in [3.05, 3.63) is 0 Å². The van der Waals surface area contributed by atoms with E-state index >= 15 is 0 Å². The van der Waals surface area contributed by atoms with E-state index in [1.54, 1.807) is 0 Å². The molecule has 0 amide bonds. The molecule has 2 fully saturated rings. The van der Waals surface area contributed by atoms with Gasteiger partial charge in [0.2, 0.25) is 0 Å². The Morgan fingerprint density at radius 1 is 0.269 bits per heavy atom. The van der Waals surface area contributed by atoms with Crippen LogP contribution in [0.25, 0.3) is 0 Å². The predicted octanol–water partition coefficient (Wildman–Crippen LogP) is 29.1. The minimum Gasteiger partial charge on any atom is -0.393 e. The zero-order valence-corrected chi connectivity index (χ0v) is 64.3. The molecule has 2 heterocycles. The maximum atomic E-state index is 14.3. The zero-order valence-electron chi connectivity index (χ0n) is 64.3. The molecule has 8 unspecified atom stereocenters. The van der Waals surface area contributed by atoms with E-state index in [1.807, 2.05) is 0 Å². The fourth-order valence-corrected chi connectivity index (χ4v) is 16.8. The third-order valence-corrected chi connectivity index (χ3v) is 23.8. The molecule has 2 saturated heterocycles. The maximum absolute atomic E-state index is 14.3. The summed E-state index contributed by atoms with van der Waals surface area (Å²) in [6.45, 7) is 18.4. The highest BCUT2D eigenvalue weighted by atomic mass is 16.6. The molecule has 0 radical (unpaired) electrons. The van der Waals surface area contributed by atoms with Crippen molar-refractivity contribution in [2.75, 3.05) is 0 Å². The van der Waals surface area contributed by atoms with Crippen LogP contribution in [0, 0.1) is 46.3 Å². The van der Waals surface area contributed by atoms with E-state index < -0.39 is 35.6 Å². The van der Waals surface area contributed by atoms with Crippen molar-refractivity contribution in [2.24, 2.45) is 46.3 Å². The third kappa shape index (κ3) is 44.1. The molecule has 0 spiro atoms. The third-order valence-electron chi connectivity index (χ3n) is 23.8. The van der Waals surface area contributed by atoms with Gasteiger partial charge in [-0.3, -0.25) is 19.2 Å². The van der Waals surface area contributed by atoms with E-state index in [0.717, 1.165) is 96.3 Å². The topological polar surface area (TPSA) is 86.7 Å². The molecule has 0 bridgehead atoms. The zero-order chi connectivity index (χ0) is 67.6. The molecule has 0 N–H and O–H groups in total. The average molecular weight is 1310 g/mol. The number of rotatable bonds is 72. The first-order valence-electron chi connectivity index (χ1n) is 42.9. The van der Waals surface area contributed by atoms with Crippen molar-refractivity contribution in [1.82, 2.24) is 0 Å². The summed E-state index contributed by atoms with van der Waals surface area (Å²) < 4.78 is 11.4. The summed E-state index contributed by atoms with van der Waals surface area (Å²) in [7, 11) is 0. The maximum Gasteiger partial charge on any atom is 0.317 e. The lowest BCUT2D eigenvalue weighted by Crippen LogP contribution is -2.36. The van der Waals surface area contributed by atoms with Crippen LogP contribution in [-0.2, 0) is 28.7 Å². The number of cyclic esters (lactones) is 4. The molecule has 0 aromatic rings. The number of unbranched alkanes of at least 4 members (excludes halogenated alkanes) is 54. The van der Waals surface area contributed by atoms with Crippen LogP contribution in [0.2, 0.25) is 0 Å². The van der Waals surface area contributed by atoms with Gasteiger partial charge in [-0.25, -0.2) is 0 Å². The van der Waals surface area contributed by atoms with Crippen LogP contribution in [0.5, 0.6) is 0 Å². The van der Waals surface area contributed by atoms with Crippen molar-refractivity contribution in [3.63, 3.8) is 0 Å². The Labute approximate surface area is 581 Å². The molecule has 0 aromatic carbocycles. The second kappa shape index (κ2) is 60.3. The van der Waals surface area contributed by atoms with Crippen LogP contribution in [0.1, 0.15) is 486 Å². The van der Waals surface area contributed by atoms with Crippen LogP contribution in [-0.4, -0.2) is 23.9 Å². The van der Waals surface area contributed by atoms with Crippen molar-refractivity contribution in [1.29, 1.82) is 0 Å². The lowest BCUT2D eigenvalue weighted by Gasteiger charge is -2.37. The summed E-state index contributed by atoms with van der Waals surface area (Å²) in [5.74, 6) is -3.89. The Morgan fingerprint density at radius 3 is 0.796 bits per heavy atom. The van der Waals surface area contributed by atoms with Gasteiger partial charge in [-0.05, 0) is 67.6 Å². The predicted molar refractivity (Wildman–Crippen MR) is 403 cm³/mol. The quantitative estimate of drug-likeness (QED) is 0.0343. The van der Waals surface area contributed by atoms with Crippen LogP contribution in [0.4, 0.5) is 0 Å². The van der Waals surface area contributed by atoms with Crippen molar-refractivity contribution in [3.8, 4) is 0 Å². The summed E-state index contributed by atoms with van der Waals surface area (Å²) in [4.78, 5) is 56.8. The van der Waals surface area contributed by atoms with Crippen molar-refractivity contribution in [2.45, 2.75) is 486 Å². The molecule has 548 valence electrons. The summed E-state index contributed by atoms with van der Waals surface area (Å²) in [5, 5.41) is 0. The van der Waals surface area contributed by atoms with E-state index in [-0.39, 0.29) is 34.6 Å². The van der Waals surface area contributed by atoms with E-state index in [9.17, 15) is 19.2 Å². The second-order valence-electron chi connectivity index (χ2n) is 32.4. The van der Waals surface area contributed by atoms with Gasteiger partial charge in [-0.2, -0.15) is 0 Å². The SMILES string of the molecule is CCCCCCCCCCCCCCCCCCCCCCCCCCCCC(CC(C)(CC)CCCC)C1C(=O)OC(=O)C1CC(CCCCCCCCCCCCCCCCCCCCCCCCCCCC)C1C(=O)OC(=O)C1CC(C)(CC)CCCCCC. The van der Waals surface area contributed by atoms with Gasteiger partial charge < -0.3 is 9.47 Å². The summed E-state index contributed by atoms with van der Waals surface area (Å²) >= 11 is 0. The highest BCUT2D eigenvalue weighted by molar-refractivity contribution is 5.98. The molecule has 2 aliphatic heterocycles. The highest BCUT2D eigenvalue weighted by Crippen LogP contribution is 2.49. The van der Waals surface area contributed by atoms with E-state index in [2.05, 4.69) is 55.4 Å². The standard InChI is InChI=1S/C87H164O6/c1-9-15-19-22-24-26-28-30-32-34-36-38-40-42-44-46-48-50-52-54-56-58-60-62-64-66-69-76(80-79(83(89)93-84(80)90)75-87(8,14-6)72-68-21-17-11-3)73-78-81(85(91)92-82(78)88)77(74-86(7,13-5)71-18-12-4)70-67-65-63-61-59-57-55-53-51-49-47-45-43-41-39-37-35-33-31-29-27-25-23-20-16-10-2/h76-81H,9-75H2,1-8H3. The Morgan fingerprint density at radius 2 is 0.505 bits per heavy atom. The van der Waals surface area contributed by atoms with E-state index in [0.29, 0.717) is 12.8 Å². The first kappa shape index (κ1) is 87.4. The molecule has 6 heteroatoms. The molecular formula is C87H164O6. The lowest BCUT2D eigenvalue weighted by molar-refractivity contribution is -0.156. The van der Waals surface area contributed by atoms with Crippen molar-refractivity contribution < 1.29 is 28.7 Å². The minimum atomic E-state index is -0.594. The van der Waals surface area contributed by atoms with Gasteiger partial charge in [0, 0.05) is 0 Å². The largest absolute Gasteiger partial charge is 0.393 e.